The SMILES string of the molecule is Cc1ccc(CNC(=O)c2ccc(O)c([N+](=O)[O-])c2)s1. The van der Waals surface area contributed by atoms with Crippen molar-refractivity contribution in [2.75, 3.05) is 0 Å². The van der Waals surface area contributed by atoms with Crippen LogP contribution in [0, 0.1) is 17.0 Å². The highest BCUT2D eigenvalue weighted by atomic mass is 32.1. The van der Waals surface area contributed by atoms with Gasteiger partial charge in [0.25, 0.3) is 5.91 Å². The van der Waals surface area contributed by atoms with Crippen molar-refractivity contribution < 1.29 is 14.8 Å². The smallest absolute Gasteiger partial charge is 0.311 e. The molecule has 2 aromatic rings. The third kappa shape index (κ3) is 3.12. The Balaban J connectivity index is 2.09. The molecule has 2 N–H and O–H groups in total. The number of carbonyl (C=O) groups excluding carboxylic acids is 1. The quantitative estimate of drug-likeness (QED) is 0.669. The second kappa shape index (κ2) is 5.70. The molecule has 0 atom stereocenters. The van der Waals surface area contributed by atoms with Crippen LogP contribution >= 0.6 is 11.3 Å². The lowest BCUT2D eigenvalue weighted by Crippen LogP contribution is -2.22. The van der Waals surface area contributed by atoms with Gasteiger partial charge in [-0.2, -0.15) is 0 Å². The number of thiophene rings is 1. The van der Waals surface area contributed by atoms with Crippen molar-refractivity contribution in [3.05, 3.63) is 55.8 Å². The lowest BCUT2D eigenvalue weighted by atomic mass is 10.1. The number of nitrogens with one attached hydrogen (secondary N) is 1. The molecule has 7 heteroatoms. The maximum absolute atomic E-state index is 11.9. The first-order valence-corrected chi connectivity index (χ1v) is 6.60. The maximum atomic E-state index is 11.9. The van der Waals surface area contributed by atoms with Crippen LogP contribution < -0.4 is 5.32 Å². The lowest BCUT2D eigenvalue weighted by molar-refractivity contribution is -0.385. The summed E-state index contributed by atoms with van der Waals surface area (Å²) >= 11 is 1.57. The topological polar surface area (TPSA) is 92.5 Å². The van der Waals surface area contributed by atoms with Crippen molar-refractivity contribution in [3.63, 3.8) is 0 Å². The summed E-state index contributed by atoms with van der Waals surface area (Å²) in [7, 11) is 0. The molecule has 0 radical (unpaired) electrons. The lowest BCUT2D eigenvalue weighted by Gasteiger charge is -2.04. The number of hydrogen-bond acceptors (Lipinski definition) is 5. The number of carbonyl (C=O) groups is 1. The standard InChI is InChI=1S/C13H12N2O4S/c1-8-2-4-10(20-8)7-14-13(17)9-3-5-12(16)11(6-9)15(18)19/h2-6,16H,7H2,1H3,(H,14,17). The Bertz CT molecular complexity index is 666. The van der Waals surface area contributed by atoms with Gasteiger partial charge < -0.3 is 10.4 Å². The third-order valence-electron chi connectivity index (χ3n) is 2.65. The molecular formula is C13H12N2O4S. The summed E-state index contributed by atoms with van der Waals surface area (Å²) < 4.78 is 0. The van der Waals surface area contributed by atoms with E-state index in [4.69, 9.17) is 0 Å². The summed E-state index contributed by atoms with van der Waals surface area (Å²) in [6.45, 7) is 2.34. The Kier molecular flexibility index (Phi) is 3.99. The molecular weight excluding hydrogens is 280 g/mol. The van der Waals surface area contributed by atoms with Crippen molar-refractivity contribution >= 4 is 22.9 Å². The van der Waals surface area contributed by atoms with Crippen LogP contribution in [0.3, 0.4) is 0 Å². The molecule has 0 unspecified atom stereocenters. The van der Waals surface area contributed by atoms with Crippen LogP contribution in [-0.4, -0.2) is 15.9 Å². The van der Waals surface area contributed by atoms with Gasteiger partial charge >= 0.3 is 5.69 Å². The van der Waals surface area contributed by atoms with E-state index < -0.39 is 22.3 Å². The molecule has 1 aromatic carbocycles. The Morgan fingerprint density at radius 1 is 1.40 bits per heavy atom. The van der Waals surface area contributed by atoms with Gasteiger partial charge in [0.15, 0.2) is 5.75 Å². The van der Waals surface area contributed by atoms with E-state index in [9.17, 15) is 20.0 Å². The minimum Gasteiger partial charge on any atom is -0.502 e. The molecule has 1 heterocycles. The molecule has 104 valence electrons. The van der Waals surface area contributed by atoms with Crippen molar-refractivity contribution in [2.24, 2.45) is 0 Å². The van der Waals surface area contributed by atoms with Crippen LogP contribution in [0.1, 0.15) is 20.1 Å². The molecule has 0 bridgehead atoms. The van der Waals surface area contributed by atoms with Gasteiger partial charge in [-0.05, 0) is 31.2 Å². The van der Waals surface area contributed by atoms with E-state index in [2.05, 4.69) is 5.32 Å². The molecule has 0 aliphatic carbocycles. The number of nitro benzene ring substituents is 1. The second-order valence-electron chi connectivity index (χ2n) is 4.16. The summed E-state index contributed by atoms with van der Waals surface area (Å²) in [6, 6.07) is 7.42. The first-order valence-electron chi connectivity index (χ1n) is 5.78. The fourth-order valence-corrected chi connectivity index (χ4v) is 2.49. The fraction of sp³-hybridized carbons (Fsp3) is 0.154. The average Bonchev–Trinajstić information content (AvgIpc) is 2.82. The molecule has 20 heavy (non-hydrogen) atoms. The Morgan fingerprint density at radius 2 is 2.15 bits per heavy atom. The van der Waals surface area contributed by atoms with Gasteiger partial charge in [-0.15, -0.1) is 11.3 Å². The predicted octanol–water partition coefficient (Wildman–Crippen LogP) is 2.60. The van der Waals surface area contributed by atoms with Crippen molar-refractivity contribution in [3.8, 4) is 5.75 Å². The van der Waals surface area contributed by atoms with Crippen LogP contribution in [0.5, 0.6) is 5.75 Å². The number of nitro groups is 1. The predicted molar refractivity (Wildman–Crippen MR) is 75.0 cm³/mol. The molecule has 1 aromatic heterocycles. The van der Waals surface area contributed by atoms with Crippen molar-refractivity contribution in [2.45, 2.75) is 13.5 Å². The Hall–Kier alpha value is -2.41. The summed E-state index contributed by atoms with van der Waals surface area (Å²) in [5.74, 6) is -0.875. The highest BCUT2D eigenvalue weighted by Crippen LogP contribution is 2.26. The largest absolute Gasteiger partial charge is 0.502 e. The van der Waals surface area contributed by atoms with Gasteiger partial charge in [-0.3, -0.25) is 14.9 Å². The molecule has 0 fully saturated rings. The zero-order valence-corrected chi connectivity index (χ0v) is 11.4. The number of aryl methyl sites for hydroxylation is 1. The molecule has 0 aliphatic rings. The summed E-state index contributed by atoms with van der Waals surface area (Å²) in [4.78, 5) is 24.0. The van der Waals surface area contributed by atoms with Crippen LogP contribution in [0.25, 0.3) is 0 Å². The number of phenolic OH excluding ortho intramolecular Hbond substituents is 1. The summed E-state index contributed by atoms with van der Waals surface area (Å²) in [5.41, 5.74) is -0.340. The molecule has 0 saturated heterocycles. The van der Waals surface area contributed by atoms with Gasteiger partial charge in [0.2, 0.25) is 0 Å². The Morgan fingerprint density at radius 3 is 2.75 bits per heavy atom. The number of rotatable bonds is 4. The van der Waals surface area contributed by atoms with E-state index in [-0.39, 0.29) is 5.56 Å². The maximum Gasteiger partial charge on any atom is 0.311 e. The third-order valence-corrected chi connectivity index (χ3v) is 3.65. The van der Waals surface area contributed by atoms with Crippen LogP contribution in [-0.2, 0) is 6.54 Å². The van der Waals surface area contributed by atoms with Crippen molar-refractivity contribution in [1.82, 2.24) is 5.32 Å². The van der Waals surface area contributed by atoms with Crippen LogP contribution in [0.15, 0.2) is 30.3 Å². The minimum atomic E-state index is -0.727. The van der Waals surface area contributed by atoms with E-state index in [0.29, 0.717) is 6.54 Å². The second-order valence-corrected chi connectivity index (χ2v) is 5.53. The first kappa shape index (κ1) is 14.0. The molecule has 0 spiro atoms. The van der Waals surface area contributed by atoms with Gasteiger partial charge in [-0.1, -0.05) is 0 Å². The highest BCUT2D eigenvalue weighted by molar-refractivity contribution is 7.11. The fourth-order valence-electron chi connectivity index (χ4n) is 1.66. The number of phenols is 1. The number of aromatic hydroxyl groups is 1. The number of nitrogens with zero attached hydrogens (tertiary/aromatic N) is 1. The van der Waals surface area contributed by atoms with E-state index in [1.807, 2.05) is 19.1 Å². The van der Waals surface area contributed by atoms with E-state index in [1.165, 1.54) is 6.07 Å². The Labute approximate surface area is 118 Å². The molecule has 0 saturated carbocycles. The number of hydrogen-bond donors (Lipinski definition) is 2. The zero-order chi connectivity index (χ0) is 14.7. The molecule has 0 aliphatic heterocycles. The first-order chi connectivity index (χ1) is 9.47. The van der Waals surface area contributed by atoms with E-state index in [1.54, 1.807) is 11.3 Å². The van der Waals surface area contributed by atoms with Gasteiger partial charge in [-0.25, -0.2) is 0 Å². The summed E-state index contributed by atoms with van der Waals surface area (Å²) in [5, 5.41) is 22.7. The highest BCUT2D eigenvalue weighted by Gasteiger charge is 2.16. The van der Waals surface area contributed by atoms with Crippen molar-refractivity contribution in [1.29, 1.82) is 0 Å². The van der Waals surface area contributed by atoms with Gasteiger partial charge in [0.1, 0.15) is 0 Å². The number of amides is 1. The molecule has 2 rings (SSSR count). The minimum absolute atomic E-state index is 0.141. The van der Waals surface area contributed by atoms with Gasteiger partial charge in [0, 0.05) is 21.4 Å². The zero-order valence-electron chi connectivity index (χ0n) is 10.6. The summed E-state index contributed by atoms with van der Waals surface area (Å²) in [6.07, 6.45) is 0. The monoisotopic (exact) mass is 292 g/mol. The van der Waals surface area contributed by atoms with Crippen LogP contribution in [0.4, 0.5) is 5.69 Å². The average molecular weight is 292 g/mol. The van der Waals surface area contributed by atoms with E-state index >= 15 is 0 Å². The molecule has 6 nitrogen and oxygen atoms in total. The van der Waals surface area contributed by atoms with Gasteiger partial charge in [0.05, 0.1) is 11.5 Å². The number of benzene rings is 1. The molecule has 1 amide bonds. The van der Waals surface area contributed by atoms with E-state index in [0.717, 1.165) is 21.9 Å². The normalized spacial score (nSPS) is 10.2. The van der Waals surface area contributed by atoms with Crippen LogP contribution in [0.2, 0.25) is 0 Å².